The molecule has 4 rings (SSSR count). The van der Waals surface area contributed by atoms with E-state index in [1.165, 1.54) is 41.1 Å². The van der Waals surface area contributed by atoms with Crippen LogP contribution in [0.25, 0.3) is 10.9 Å². The number of hydrogen-bond donors (Lipinski definition) is 1. The normalized spacial score (nSPS) is 14.2. The van der Waals surface area contributed by atoms with Gasteiger partial charge in [-0.3, -0.25) is 0 Å². The minimum Gasteiger partial charge on any atom is -0.399 e. The monoisotopic (exact) mass is 295 g/mol. The maximum absolute atomic E-state index is 13.4. The predicted octanol–water partition coefficient (Wildman–Crippen LogP) is 3.68. The van der Waals surface area contributed by atoms with Crippen molar-refractivity contribution in [1.82, 2.24) is 9.55 Å². The maximum Gasteiger partial charge on any atom is 0.213 e. The van der Waals surface area contributed by atoms with Crippen LogP contribution in [0, 0.1) is 5.95 Å². The topological polar surface area (TPSA) is 43.8 Å². The first-order valence-corrected chi connectivity index (χ1v) is 7.73. The molecule has 0 atom stereocenters. The van der Waals surface area contributed by atoms with Crippen molar-refractivity contribution in [3.05, 3.63) is 59.3 Å². The van der Waals surface area contributed by atoms with E-state index in [0.29, 0.717) is 6.54 Å². The van der Waals surface area contributed by atoms with Gasteiger partial charge in [0.25, 0.3) is 0 Å². The van der Waals surface area contributed by atoms with Gasteiger partial charge in [-0.2, -0.15) is 4.39 Å². The second kappa shape index (κ2) is 5.13. The molecular weight excluding hydrogens is 277 g/mol. The van der Waals surface area contributed by atoms with E-state index >= 15 is 0 Å². The lowest BCUT2D eigenvalue weighted by molar-refractivity contribution is 0.569. The molecule has 1 aromatic carbocycles. The molecule has 2 aromatic heterocycles. The summed E-state index contributed by atoms with van der Waals surface area (Å²) in [6, 6.07) is 11.0. The summed E-state index contributed by atoms with van der Waals surface area (Å²) in [7, 11) is 0. The molecule has 0 saturated carbocycles. The Morgan fingerprint density at radius 2 is 2.00 bits per heavy atom. The van der Waals surface area contributed by atoms with Crippen molar-refractivity contribution in [2.75, 3.05) is 5.73 Å². The Kier molecular flexibility index (Phi) is 3.10. The van der Waals surface area contributed by atoms with Crippen LogP contribution in [0.15, 0.2) is 36.4 Å². The second-order valence-electron chi connectivity index (χ2n) is 5.95. The average Bonchev–Trinajstić information content (AvgIpc) is 2.81. The number of nitrogen functional groups attached to an aromatic ring is 1. The Morgan fingerprint density at radius 1 is 1.14 bits per heavy atom. The fraction of sp³-hybridized carbons (Fsp3) is 0.278. The van der Waals surface area contributed by atoms with Gasteiger partial charge in [0.1, 0.15) is 0 Å². The number of nitrogens with zero attached hydrogens (tertiary/aromatic N) is 2. The van der Waals surface area contributed by atoms with E-state index < -0.39 is 5.95 Å². The number of hydrogen-bond acceptors (Lipinski definition) is 2. The van der Waals surface area contributed by atoms with Gasteiger partial charge in [0.05, 0.1) is 12.2 Å². The summed E-state index contributed by atoms with van der Waals surface area (Å²) in [6.45, 7) is 0.605. The third-order valence-corrected chi connectivity index (χ3v) is 4.49. The SMILES string of the molecule is Nc1ccc2c(c1)c1c(n2Cc2cccc(F)n2)CCCC1. The maximum atomic E-state index is 13.4. The van der Waals surface area contributed by atoms with E-state index in [4.69, 9.17) is 5.73 Å². The van der Waals surface area contributed by atoms with Crippen molar-refractivity contribution < 1.29 is 4.39 Å². The lowest BCUT2D eigenvalue weighted by Gasteiger charge is -2.15. The molecule has 4 heteroatoms. The van der Waals surface area contributed by atoms with E-state index in [1.54, 1.807) is 6.07 Å². The Hall–Kier alpha value is -2.36. The summed E-state index contributed by atoms with van der Waals surface area (Å²) < 4.78 is 15.6. The van der Waals surface area contributed by atoms with Crippen LogP contribution in [0.3, 0.4) is 0 Å². The largest absolute Gasteiger partial charge is 0.399 e. The number of fused-ring (bicyclic) bond motifs is 3. The molecule has 2 N–H and O–H groups in total. The first-order valence-electron chi connectivity index (χ1n) is 7.73. The fourth-order valence-corrected chi connectivity index (χ4v) is 3.53. The minimum absolute atomic E-state index is 0.424. The Balaban J connectivity index is 1.89. The van der Waals surface area contributed by atoms with Crippen molar-refractivity contribution in [1.29, 1.82) is 0 Å². The van der Waals surface area contributed by atoms with Gasteiger partial charge in [0.2, 0.25) is 5.95 Å². The number of aryl methyl sites for hydroxylation is 1. The van der Waals surface area contributed by atoms with Crippen molar-refractivity contribution in [2.45, 2.75) is 32.2 Å². The van der Waals surface area contributed by atoms with Gasteiger partial charge >= 0.3 is 0 Å². The third kappa shape index (κ3) is 2.15. The summed E-state index contributed by atoms with van der Waals surface area (Å²) in [5, 5.41) is 1.24. The number of rotatable bonds is 2. The fourth-order valence-electron chi connectivity index (χ4n) is 3.53. The van der Waals surface area contributed by atoms with Gasteiger partial charge < -0.3 is 10.3 Å². The van der Waals surface area contributed by atoms with Gasteiger partial charge in [0, 0.05) is 22.3 Å². The lowest BCUT2D eigenvalue weighted by atomic mass is 9.95. The van der Waals surface area contributed by atoms with Crippen LogP contribution in [0.2, 0.25) is 0 Å². The summed E-state index contributed by atoms with van der Waals surface area (Å²) in [5.74, 6) is -0.424. The zero-order valence-electron chi connectivity index (χ0n) is 12.3. The molecule has 0 unspecified atom stereocenters. The predicted molar refractivity (Wildman–Crippen MR) is 86.3 cm³/mol. The molecule has 0 fully saturated rings. The van der Waals surface area contributed by atoms with Crippen LogP contribution in [0.1, 0.15) is 29.8 Å². The summed E-state index contributed by atoms with van der Waals surface area (Å²) >= 11 is 0. The Bertz CT molecular complexity index is 851. The molecular formula is C18H18FN3. The number of benzene rings is 1. The number of pyridine rings is 1. The number of nitrogens with two attached hydrogens (primary N) is 1. The Labute approximate surface area is 128 Å². The van der Waals surface area contributed by atoms with Crippen LogP contribution < -0.4 is 5.73 Å². The van der Waals surface area contributed by atoms with Crippen LogP contribution in [0.4, 0.5) is 10.1 Å². The van der Waals surface area contributed by atoms with Crippen molar-refractivity contribution in [3.8, 4) is 0 Å². The standard InChI is InChI=1S/C18H18FN3/c19-18-7-3-4-13(21-18)11-22-16-6-2-1-5-14(16)15-10-12(20)8-9-17(15)22/h3-4,7-10H,1-2,5-6,11,20H2. The zero-order valence-corrected chi connectivity index (χ0v) is 12.3. The molecule has 1 aliphatic carbocycles. The first-order chi connectivity index (χ1) is 10.7. The molecule has 0 spiro atoms. The number of halogens is 1. The van der Waals surface area contributed by atoms with E-state index in [0.717, 1.165) is 24.2 Å². The van der Waals surface area contributed by atoms with Crippen LogP contribution in [0.5, 0.6) is 0 Å². The number of anilines is 1. The van der Waals surface area contributed by atoms with E-state index in [9.17, 15) is 4.39 Å². The van der Waals surface area contributed by atoms with Crippen LogP contribution in [-0.2, 0) is 19.4 Å². The smallest absolute Gasteiger partial charge is 0.213 e. The minimum atomic E-state index is -0.424. The molecule has 0 radical (unpaired) electrons. The van der Waals surface area contributed by atoms with Crippen molar-refractivity contribution >= 4 is 16.6 Å². The summed E-state index contributed by atoms with van der Waals surface area (Å²) in [4.78, 5) is 4.01. The number of aromatic nitrogens is 2. The van der Waals surface area contributed by atoms with Crippen molar-refractivity contribution in [3.63, 3.8) is 0 Å². The van der Waals surface area contributed by atoms with Crippen LogP contribution >= 0.6 is 0 Å². The van der Waals surface area contributed by atoms with E-state index in [2.05, 4.69) is 21.7 Å². The Morgan fingerprint density at radius 3 is 2.86 bits per heavy atom. The van der Waals surface area contributed by atoms with Gasteiger partial charge in [-0.15, -0.1) is 0 Å². The zero-order chi connectivity index (χ0) is 15.1. The average molecular weight is 295 g/mol. The molecule has 1 aliphatic rings. The lowest BCUT2D eigenvalue weighted by Crippen LogP contribution is -2.10. The quantitative estimate of drug-likeness (QED) is 0.579. The van der Waals surface area contributed by atoms with Crippen molar-refractivity contribution in [2.24, 2.45) is 0 Å². The third-order valence-electron chi connectivity index (χ3n) is 4.49. The van der Waals surface area contributed by atoms with Gasteiger partial charge in [-0.05, 0) is 61.6 Å². The molecule has 0 aliphatic heterocycles. The van der Waals surface area contributed by atoms with Crippen LogP contribution in [-0.4, -0.2) is 9.55 Å². The highest BCUT2D eigenvalue weighted by Gasteiger charge is 2.20. The van der Waals surface area contributed by atoms with Gasteiger partial charge in [0.15, 0.2) is 0 Å². The molecule has 22 heavy (non-hydrogen) atoms. The molecule has 0 bridgehead atoms. The first kappa shape index (κ1) is 13.3. The molecule has 3 nitrogen and oxygen atoms in total. The molecule has 3 aromatic rings. The van der Waals surface area contributed by atoms with E-state index in [-0.39, 0.29) is 0 Å². The van der Waals surface area contributed by atoms with E-state index in [1.807, 2.05) is 12.1 Å². The highest BCUT2D eigenvalue weighted by Crippen LogP contribution is 2.33. The van der Waals surface area contributed by atoms with Gasteiger partial charge in [-0.1, -0.05) is 6.07 Å². The molecule has 112 valence electrons. The van der Waals surface area contributed by atoms with Gasteiger partial charge in [-0.25, -0.2) is 4.98 Å². The second-order valence-corrected chi connectivity index (χ2v) is 5.95. The molecule has 0 amide bonds. The highest BCUT2D eigenvalue weighted by molar-refractivity contribution is 5.88. The molecule has 2 heterocycles. The molecule has 0 saturated heterocycles. The summed E-state index contributed by atoms with van der Waals surface area (Å²) in [5.41, 5.74) is 11.5. The summed E-state index contributed by atoms with van der Waals surface area (Å²) in [6.07, 6.45) is 4.59. The highest BCUT2D eigenvalue weighted by atomic mass is 19.1.